The number of aryl methyl sites for hydroxylation is 2. The van der Waals surface area contributed by atoms with E-state index in [0.717, 1.165) is 48.9 Å². The first kappa shape index (κ1) is 19.8. The highest BCUT2D eigenvalue weighted by atomic mass is 16.2. The van der Waals surface area contributed by atoms with Crippen molar-refractivity contribution in [1.29, 1.82) is 0 Å². The minimum absolute atomic E-state index is 0.0373. The molecule has 0 atom stereocenters. The third kappa shape index (κ3) is 5.26. The van der Waals surface area contributed by atoms with Gasteiger partial charge in [0.05, 0.1) is 13.1 Å². The molecule has 148 valence electrons. The molecule has 8 heteroatoms. The lowest BCUT2D eigenvalue weighted by Gasteiger charge is -2.34. The highest BCUT2D eigenvalue weighted by Crippen LogP contribution is 2.19. The Hall–Kier alpha value is -3.00. The highest BCUT2D eigenvalue weighted by Gasteiger charge is 2.20. The Morgan fingerprint density at radius 2 is 1.61 bits per heavy atom. The van der Waals surface area contributed by atoms with Crippen molar-refractivity contribution < 1.29 is 9.59 Å². The summed E-state index contributed by atoms with van der Waals surface area (Å²) < 4.78 is 0. The second-order valence-corrected chi connectivity index (χ2v) is 6.90. The maximum absolute atomic E-state index is 12.2. The summed E-state index contributed by atoms with van der Waals surface area (Å²) >= 11 is 0. The molecule has 0 unspecified atom stereocenters. The van der Waals surface area contributed by atoms with Gasteiger partial charge in [0, 0.05) is 44.3 Å². The molecule has 0 saturated carbocycles. The van der Waals surface area contributed by atoms with Crippen LogP contribution in [0.3, 0.4) is 0 Å². The van der Waals surface area contributed by atoms with E-state index in [1.165, 1.54) is 0 Å². The maximum atomic E-state index is 12.2. The number of anilines is 2. The van der Waals surface area contributed by atoms with Gasteiger partial charge in [-0.3, -0.25) is 14.5 Å². The average molecular weight is 382 g/mol. The maximum Gasteiger partial charge on any atom is 0.243 e. The minimum Gasteiger partial charge on any atom is -0.346 e. The van der Waals surface area contributed by atoms with E-state index >= 15 is 0 Å². The third-order valence-corrected chi connectivity index (χ3v) is 4.77. The van der Waals surface area contributed by atoms with Crippen molar-refractivity contribution in [2.75, 3.05) is 49.5 Å². The summed E-state index contributed by atoms with van der Waals surface area (Å²) in [6.45, 7) is 7.17. The van der Waals surface area contributed by atoms with Crippen LogP contribution in [0, 0.1) is 13.8 Å². The Kier molecular flexibility index (Phi) is 6.54. The molecule has 1 aromatic carbocycles. The molecule has 28 heavy (non-hydrogen) atoms. The van der Waals surface area contributed by atoms with Gasteiger partial charge in [-0.05, 0) is 31.0 Å². The van der Waals surface area contributed by atoms with Crippen LogP contribution < -0.4 is 15.5 Å². The van der Waals surface area contributed by atoms with Crippen molar-refractivity contribution in [2.24, 2.45) is 0 Å². The summed E-state index contributed by atoms with van der Waals surface area (Å²) in [7, 11) is 0. The Balaban J connectivity index is 1.40. The lowest BCUT2D eigenvalue weighted by Crippen LogP contribution is -2.50. The average Bonchev–Trinajstić information content (AvgIpc) is 2.70. The second-order valence-electron chi connectivity index (χ2n) is 6.90. The molecule has 0 bridgehead atoms. The van der Waals surface area contributed by atoms with Crippen LogP contribution in [0.25, 0.3) is 0 Å². The zero-order valence-electron chi connectivity index (χ0n) is 16.3. The standard InChI is InChI=1S/C20H26N6O2/c1-15-5-3-6-16(2)19(15)24-17(27)13-23-18(28)14-25-9-11-26(12-10-25)20-21-7-4-8-22-20/h3-8H,9-14H2,1-2H3,(H,23,28)(H,24,27). The SMILES string of the molecule is Cc1cccc(C)c1NC(=O)CNC(=O)CN1CCN(c2ncccn2)CC1. The molecular formula is C20H26N6O2. The number of rotatable bonds is 6. The number of piperazine rings is 1. The number of para-hydroxylation sites is 1. The molecule has 0 radical (unpaired) electrons. The third-order valence-electron chi connectivity index (χ3n) is 4.77. The number of benzene rings is 1. The van der Waals surface area contributed by atoms with E-state index in [9.17, 15) is 9.59 Å². The van der Waals surface area contributed by atoms with Gasteiger partial charge >= 0.3 is 0 Å². The van der Waals surface area contributed by atoms with Crippen molar-refractivity contribution in [3.05, 3.63) is 47.8 Å². The molecule has 2 amide bonds. The van der Waals surface area contributed by atoms with Gasteiger partial charge in [0.15, 0.2) is 0 Å². The molecule has 8 nitrogen and oxygen atoms in total. The van der Waals surface area contributed by atoms with Gasteiger partial charge < -0.3 is 15.5 Å². The van der Waals surface area contributed by atoms with Crippen LogP contribution in [0.4, 0.5) is 11.6 Å². The summed E-state index contributed by atoms with van der Waals surface area (Å²) in [4.78, 5) is 37.0. The van der Waals surface area contributed by atoms with Gasteiger partial charge in [0.2, 0.25) is 17.8 Å². The summed E-state index contributed by atoms with van der Waals surface area (Å²) in [5, 5.41) is 5.57. The van der Waals surface area contributed by atoms with E-state index < -0.39 is 0 Å². The summed E-state index contributed by atoms with van der Waals surface area (Å²) in [6, 6.07) is 7.63. The van der Waals surface area contributed by atoms with Crippen molar-refractivity contribution >= 4 is 23.5 Å². The first-order chi connectivity index (χ1) is 13.5. The fourth-order valence-electron chi connectivity index (χ4n) is 3.19. The molecule has 1 fully saturated rings. The van der Waals surface area contributed by atoms with Gasteiger partial charge in [-0.2, -0.15) is 0 Å². The number of hydrogen-bond donors (Lipinski definition) is 2. The first-order valence-corrected chi connectivity index (χ1v) is 9.40. The van der Waals surface area contributed by atoms with E-state index in [0.29, 0.717) is 0 Å². The molecular weight excluding hydrogens is 356 g/mol. The number of carbonyl (C=O) groups is 2. The van der Waals surface area contributed by atoms with E-state index in [2.05, 4.69) is 30.4 Å². The number of nitrogens with zero attached hydrogens (tertiary/aromatic N) is 4. The van der Waals surface area contributed by atoms with Crippen LogP contribution >= 0.6 is 0 Å². The molecule has 0 spiro atoms. The molecule has 1 aliphatic heterocycles. The van der Waals surface area contributed by atoms with Crippen LogP contribution in [0.2, 0.25) is 0 Å². The molecule has 0 aliphatic carbocycles. The van der Waals surface area contributed by atoms with Crippen molar-refractivity contribution in [2.45, 2.75) is 13.8 Å². The van der Waals surface area contributed by atoms with Crippen LogP contribution in [0.5, 0.6) is 0 Å². The number of carbonyl (C=O) groups excluding carboxylic acids is 2. The van der Waals surface area contributed by atoms with Gasteiger partial charge in [0.1, 0.15) is 0 Å². The number of nitrogens with one attached hydrogen (secondary N) is 2. The Bertz CT molecular complexity index is 798. The summed E-state index contributed by atoms with van der Waals surface area (Å²) in [6.07, 6.45) is 3.46. The van der Waals surface area contributed by atoms with Gasteiger partial charge in [0.25, 0.3) is 0 Å². The molecule has 1 aromatic heterocycles. The minimum atomic E-state index is -0.225. The summed E-state index contributed by atoms with van der Waals surface area (Å²) in [5.74, 6) is 0.340. The lowest BCUT2D eigenvalue weighted by molar-refractivity contribution is -0.125. The molecule has 3 rings (SSSR count). The van der Waals surface area contributed by atoms with Crippen LogP contribution in [0.1, 0.15) is 11.1 Å². The Labute approximate surface area is 165 Å². The predicted molar refractivity (Wildman–Crippen MR) is 108 cm³/mol. The smallest absolute Gasteiger partial charge is 0.243 e. The van der Waals surface area contributed by atoms with E-state index in [-0.39, 0.29) is 24.9 Å². The van der Waals surface area contributed by atoms with Crippen molar-refractivity contribution in [3.63, 3.8) is 0 Å². The largest absolute Gasteiger partial charge is 0.346 e. The first-order valence-electron chi connectivity index (χ1n) is 9.40. The molecule has 1 saturated heterocycles. The number of amides is 2. The summed E-state index contributed by atoms with van der Waals surface area (Å²) in [5.41, 5.74) is 2.81. The Morgan fingerprint density at radius 1 is 0.964 bits per heavy atom. The van der Waals surface area contributed by atoms with Crippen LogP contribution in [0.15, 0.2) is 36.7 Å². The van der Waals surface area contributed by atoms with E-state index in [1.54, 1.807) is 18.5 Å². The van der Waals surface area contributed by atoms with Crippen LogP contribution in [-0.4, -0.2) is 66.0 Å². The molecule has 2 aromatic rings. The normalized spacial score (nSPS) is 14.6. The highest BCUT2D eigenvalue weighted by molar-refractivity contribution is 5.95. The van der Waals surface area contributed by atoms with Gasteiger partial charge in [-0.15, -0.1) is 0 Å². The molecule has 1 aliphatic rings. The zero-order chi connectivity index (χ0) is 19.9. The van der Waals surface area contributed by atoms with E-state index in [4.69, 9.17) is 0 Å². The van der Waals surface area contributed by atoms with Crippen molar-refractivity contribution in [1.82, 2.24) is 20.2 Å². The van der Waals surface area contributed by atoms with E-state index in [1.807, 2.05) is 32.0 Å². The topological polar surface area (TPSA) is 90.5 Å². The predicted octanol–water partition coefficient (Wildman–Crippen LogP) is 0.970. The van der Waals surface area contributed by atoms with Crippen LogP contribution in [-0.2, 0) is 9.59 Å². The lowest BCUT2D eigenvalue weighted by atomic mass is 10.1. The van der Waals surface area contributed by atoms with Crippen molar-refractivity contribution in [3.8, 4) is 0 Å². The number of hydrogen-bond acceptors (Lipinski definition) is 6. The fraction of sp³-hybridized carbons (Fsp3) is 0.400. The second kappa shape index (κ2) is 9.27. The van der Waals surface area contributed by atoms with Gasteiger partial charge in [-0.1, -0.05) is 18.2 Å². The fourth-order valence-corrected chi connectivity index (χ4v) is 3.19. The molecule has 2 N–H and O–H groups in total. The van der Waals surface area contributed by atoms with Gasteiger partial charge in [-0.25, -0.2) is 9.97 Å². The quantitative estimate of drug-likeness (QED) is 0.774. The Morgan fingerprint density at radius 3 is 2.25 bits per heavy atom. The monoisotopic (exact) mass is 382 g/mol. The molecule has 2 heterocycles. The zero-order valence-corrected chi connectivity index (χ0v) is 16.3. The number of aromatic nitrogens is 2.